The maximum Gasteiger partial charge on any atom is 0.410 e. The third-order valence-electron chi connectivity index (χ3n) is 8.78. The van der Waals surface area contributed by atoms with Gasteiger partial charge in [0.15, 0.2) is 5.69 Å². The number of anilines is 1. The lowest BCUT2D eigenvalue weighted by Crippen LogP contribution is -2.49. The largest absolute Gasteiger partial charge is 0.444 e. The maximum atomic E-state index is 12.8. The van der Waals surface area contributed by atoms with Gasteiger partial charge >= 0.3 is 6.09 Å². The van der Waals surface area contributed by atoms with Gasteiger partial charge in [-0.25, -0.2) is 9.78 Å². The molecule has 1 aromatic heterocycles. The number of hydrogen-bond acceptors (Lipinski definition) is 7. The van der Waals surface area contributed by atoms with Gasteiger partial charge in [-0.1, -0.05) is 66.7 Å². The molecule has 0 aliphatic carbocycles. The second-order valence-electron chi connectivity index (χ2n) is 13.2. The van der Waals surface area contributed by atoms with Crippen molar-refractivity contribution in [2.45, 2.75) is 64.0 Å². The summed E-state index contributed by atoms with van der Waals surface area (Å²) >= 11 is 0. The van der Waals surface area contributed by atoms with Gasteiger partial charge in [0.1, 0.15) is 11.3 Å². The van der Waals surface area contributed by atoms with E-state index in [2.05, 4.69) is 71.8 Å². The van der Waals surface area contributed by atoms with Gasteiger partial charge in [-0.3, -0.25) is 0 Å². The summed E-state index contributed by atoms with van der Waals surface area (Å²) < 4.78 is 5.53. The summed E-state index contributed by atoms with van der Waals surface area (Å²) in [6, 6.07) is 29.0. The number of likely N-dealkylation sites (tertiary alicyclic amines) is 1. The number of aliphatic imine (C=N–C) groups is 1. The first kappa shape index (κ1) is 30.4. The Morgan fingerprint density at radius 2 is 1.71 bits per heavy atom. The van der Waals surface area contributed by atoms with E-state index < -0.39 is 5.60 Å². The molecule has 1 saturated heterocycles. The first-order valence-corrected chi connectivity index (χ1v) is 15.6. The molecule has 3 aromatic carbocycles. The Hall–Kier alpha value is -4.60. The zero-order valence-electron chi connectivity index (χ0n) is 26.5. The quantitative estimate of drug-likeness (QED) is 0.169. The Bertz CT molecular complexity index is 1680. The Labute approximate surface area is 265 Å². The van der Waals surface area contributed by atoms with Crippen molar-refractivity contribution in [1.82, 2.24) is 19.5 Å². The van der Waals surface area contributed by atoms with Crippen molar-refractivity contribution in [2.75, 3.05) is 18.4 Å². The Kier molecular flexibility index (Phi) is 8.16. The summed E-state index contributed by atoms with van der Waals surface area (Å²) in [4.78, 5) is 28.7. The molecule has 2 unspecified atom stereocenters. The minimum absolute atomic E-state index is 0.0303. The van der Waals surface area contributed by atoms with E-state index in [1.54, 1.807) is 12.5 Å². The van der Waals surface area contributed by atoms with Crippen LogP contribution in [0.4, 0.5) is 27.9 Å². The molecule has 232 valence electrons. The number of piperidine rings is 1. The predicted molar refractivity (Wildman–Crippen MR) is 180 cm³/mol. The van der Waals surface area contributed by atoms with Crippen LogP contribution in [0.3, 0.4) is 0 Å². The number of amides is 1. The standard InChI is InChI=1S/C36H42N7O2/c1-26(28-11-7-5-8-12-28)40-33-38-20-17-32(41-33)43(37)25-39-30-23-27(15-16-31(30)43)24-36(29-13-9-6-10-14-29)18-21-42(22-19-36)34(44)45-35(2,3)4/h5-17,20,23,25-26H,18-19,21-22,24,37H2,1-4H3,(H,38,40,41)/q+1. The SMILES string of the molecule is CC(Nc1nccc([N+]2(N)C=Nc3cc(CC4(c5ccccc5)CCN(C(=O)OC(C)(C)C)CC4)ccc32)n1)c1ccccc1. The van der Waals surface area contributed by atoms with Gasteiger partial charge < -0.3 is 15.0 Å². The van der Waals surface area contributed by atoms with Gasteiger partial charge in [-0.2, -0.15) is 15.8 Å². The zero-order chi connectivity index (χ0) is 31.7. The zero-order valence-corrected chi connectivity index (χ0v) is 26.5. The van der Waals surface area contributed by atoms with Crippen LogP contribution in [0.5, 0.6) is 0 Å². The van der Waals surface area contributed by atoms with Crippen LogP contribution in [-0.2, 0) is 16.6 Å². The fraction of sp³-hybridized carbons (Fsp3) is 0.333. The number of nitrogens with one attached hydrogen (secondary N) is 1. The lowest BCUT2D eigenvalue weighted by Gasteiger charge is -2.42. The molecule has 9 heteroatoms. The van der Waals surface area contributed by atoms with Crippen molar-refractivity contribution >= 4 is 35.6 Å². The number of fused-ring (bicyclic) bond motifs is 1. The van der Waals surface area contributed by atoms with E-state index in [1.165, 1.54) is 11.1 Å². The van der Waals surface area contributed by atoms with Gasteiger partial charge in [-0.05, 0) is 69.7 Å². The first-order valence-electron chi connectivity index (χ1n) is 15.6. The Morgan fingerprint density at radius 3 is 2.40 bits per heavy atom. The summed E-state index contributed by atoms with van der Waals surface area (Å²) in [6.45, 7) is 9.07. The second kappa shape index (κ2) is 12.1. The molecule has 3 heterocycles. The van der Waals surface area contributed by atoms with Crippen LogP contribution >= 0.6 is 0 Å². The van der Waals surface area contributed by atoms with Gasteiger partial charge in [0.25, 0.3) is 5.82 Å². The van der Waals surface area contributed by atoms with Crippen LogP contribution in [-0.4, -0.2) is 46.0 Å². The van der Waals surface area contributed by atoms with Gasteiger partial charge in [0.2, 0.25) is 12.3 Å². The number of ether oxygens (including phenoxy) is 1. The number of quaternary nitrogens is 1. The third kappa shape index (κ3) is 6.45. The molecule has 1 fully saturated rings. The average Bonchev–Trinajstić information content (AvgIpc) is 3.38. The molecule has 2 aliphatic heterocycles. The van der Waals surface area contributed by atoms with Gasteiger partial charge in [0, 0.05) is 36.8 Å². The number of hydrogen-bond donors (Lipinski definition) is 2. The van der Waals surface area contributed by atoms with Crippen LogP contribution in [0.2, 0.25) is 0 Å². The number of nitrogens with zero attached hydrogens (tertiary/aromatic N) is 5. The van der Waals surface area contributed by atoms with E-state index in [0.717, 1.165) is 36.2 Å². The van der Waals surface area contributed by atoms with Gasteiger partial charge in [-0.15, -0.1) is 4.59 Å². The summed E-state index contributed by atoms with van der Waals surface area (Å²) in [7, 11) is 0. The monoisotopic (exact) mass is 604 g/mol. The molecular formula is C36H42N7O2+. The molecule has 9 nitrogen and oxygen atoms in total. The summed E-state index contributed by atoms with van der Waals surface area (Å²) in [5.41, 5.74) is 4.66. The number of rotatable bonds is 7. The van der Waals surface area contributed by atoms with Crippen LogP contribution in [0, 0.1) is 0 Å². The van der Waals surface area contributed by atoms with E-state index in [4.69, 9.17) is 20.6 Å². The van der Waals surface area contributed by atoms with E-state index in [0.29, 0.717) is 24.9 Å². The first-order chi connectivity index (χ1) is 21.5. The van der Waals surface area contributed by atoms with Crippen molar-refractivity contribution in [3.63, 3.8) is 0 Å². The van der Waals surface area contributed by atoms with Crippen molar-refractivity contribution in [3.8, 4) is 0 Å². The summed E-state index contributed by atoms with van der Waals surface area (Å²) in [6.07, 6.45) is 5.71. The summed E-state index contributed by atoms with van der Waals surface area (Å²) in [5.74, 6) is 8.09. The van der Waals surface area contributed by atoms with Crippen molar-refractivity contribution < 1.29 is 9.53 Å². The molecule has 0 saturated carbocycles. The molecule has 1 amide bonds. The third-order valence-corrected chi connectivity index (χ3v) is 8.78. The van der Waals surface area contributed by atoms with Crippen molar-refractivity contribution in [2.24, 2.45) is 10.8 Å². The van der Waals surface area contributed by atoms with E-state index in [1.807, 2.05) is 56.0 Å². The number of carbonyl (C=O) groups is 1. The van der Waals surface area contributed by atoms with E-state index >= 15 is 0 Å². The highest BCUT2D eigenvalue weighted by atomic mass is 16.6. The minimum atomic E-state index is -0.517. The highest BCUT2D eigenvalue weighted by Gasteiger charge is 2.41. The lowest BCUT2D eigenvalue weighted by atomic mass is 9.69. The molecule has 6 rings (SSSR count). The second-order valence-corrected chi connectivity index (χ2v) is 13.2. The number of carbonyl (C=O) groups excluding carboxylic acids is 1. The molecule has 0 bridgehead atoms. The molecule has 4 aromatic rings. The van der Waals surface area contributed by atoms with Gasteiger partial charge in [0.05, 0.1) is 6.04 Å². The molecule has 3 N–H and O–H groups in total. The lowest BCUT2D eigenvalue weighted by molar-refractivity contribution is 0.0163. The normalized spacial score (nSPS) is 19.5. The molecule has 0 radical (unpaired) electrons. The smallest absolute Gasteiger partial charge is 0.410 e. The number of nitrogens with two attached hydrogens (primary N) is 1. The van der Waals surface area contributed by atoms with Crippen LogP contribution in [0.25, 0.3) is 0 Å². The van der Waals surface area contributed by atoms with Crippen LogP contribution in [0.1, 0.15) is 63.3 Å². The molecule has 0 spiro atoms. The molecule has 2 aliphatic rings. The molecule has 45 heavy (non-hydrogen) atoms. The van der Waals surface area contributed by atoms with Crippen LogP contribution < -0.4 is 15.8 Å². The van der Waals surface area contributed by atoms with E-state index in [-0.39, 0.29) is 22.1 Å². The predicted octanol–water partition coefficient (Wildman–Crippen LogP) is 7.35. The maximum absolute atomic E-state index is 12.8. The Balaban J connectivity index is 1.22. The van der Waals surface area contributed by atoms with E-state index in [9.17, 15) is 4.79 Å². The average molecular weight is 605 g/mol. The highest BCUT2D eigenvalue weighted by molar-refractivity contribution is 5.93. The Morgan fingerprint density at radius 1 is 1.02 bits per heavy atom. The fourth-order valence-electron chi connectivity index (χ4n) is 6.33. The van der Waals surface area contributed by atoms with Crippen LogP contribution in [0.15, 0.2) is 96.1 Å². The highest BCUT2D eigenvalue weighted by Crippen LogP contribution is 2.44. The fourth-order valence-corrected chi connectivity index (χ4v) is 6.33. The molecular weight excluding hydrogens is 562 g/mol. The topological polar surface area (TPSA) is 106 Å². The van der Waals surface area contributed by atoms with Crippen molar-refractivity contribution in [3.05, 3.63) is 108 Å². The summed E-state index contributed by atoms with van der Waals surface area (Å²) in [5, 5.41) is 3.39. The minimum Gasteiger partial charge on any atom is -0.444 e. The number of benzene rings is 3. The van der Waals surface area contributed by atoms with Crippen molar-refractivity contribution in [1.29, 1.82) is 0 Å². The number of aromatic nitrogens is 2. The molecule has 2 atom stereocenters.